The fraction of sp³-hybridized carbons (Fsp3) is 0.704. The molecule has 1 spiro atoms. The Kier molecular flexibility index (Phi) is 9.86. The van der Waals surface area contributed by atoms with Crippen LogP contribution >= 0.6 is 12.4 Å². The van der Waals surface area contributed by atoms with Crippen LogP contribution in [0.5, 0.6) is 0 Å². The Hall–Kier alpha value is -1.64. The number of amides is 2. The van der Waals surface area contributed by atoms with E-state index in [2.05, 4.69) is 17.1 Å². The number of hydrogen-bond donors (Lipinski definition) is 1. The molecule has 0 radical (unpaired) electrons. The fourth-order valence-corrected chi connectivity index (χ4v) is 6.74. The van der Waals surface area contributed by atoms with E-state index in [1.54, 1.807) is 12.1 Å². The van der Waals surface area contributed by atoms with Crippen LogP contribution in [0.4, 0.5) is 0 Å². The number of piperidine rings is 1. The van der Waals surface area contributed by atoms with Gasteiger partial charge in [0.25, 0.3) is 0 Å². The van der Waals surface area contributed by atoms with Crippen molar-refractivity contribution in [2.45, 2.75) is 94.2 Å². The Morgan fingerprint density at radius 2 is 1.67 bits per heavy atom. The second-order valence-electron chi connectivity index (χ2n) is 10.8. The van der Waals surface area contributed by atoms with E-state index in [0.29, 0.717) is 36.7 Å². The highest BCUT2D eigenvalue weighted by molar-refractivity contribution is 7.90. The predicted octanol–water partition coefficient (Wildman–Crippen LogP) is 3.94. The zero-order valence-electron chi connectivity index (χ0n) is 21.7. The zero-order valence-corrected chi connectivity index (χ0v) is 23.3. The molecule has 2 amide bonds. The summed E-state index contributed by atoms with van der Waals surface area (Å²) in [6, 6.07) is 6.66. The third kappa shape index (κ3) is 6.43. The summed E-state index contributed by atoms with van der Waals surface area (Å²) >= 11 is 0. The molecule has 0 aromatic heterocycles. The molecule has 2 heterocycles. The Bertz CT molecular complexity index is 1000. The minimum atomic E-state index is -3.21. The molecule has 9 heteroatoms. The lowest BCUT2D eigenvalue weighted by atomic mass is 9.79. The van der Waals surface area contributed by atoms with Crippen LogP contribution in [0.2, 0.25) is 0 Å². The van der Waals surface area contributed by atoms with Gasteiger partial charge >= 0.3 is 0 Å². The van der Waals surface area contributed by atoms with Gasteiger partial charge in [-0.2, -0.15) is 0 Å². The number of nitrogens with zero attached hydrogens (tertiary/aromatic N) is 2. The first-order valence-electron chi connectivity index (χ1n) is 13.4. The number of likely N-dealkylation sites (tertiary alicyclic amines) is 1. The first-order chi connectivity index (χ1) is 16.7. The Morgan fingerprint density at radius 3 is 2.25 bits per heavy atom. The van der Waals surface area contributed by atoms with Crippen LogP contribution in [-0.2, 0) is 26.0 Å². The topological polar surface area (TPSA) is 86.8 Å². The van der Waals surface area contributed by atoms with Gasteiger partial charge in [-0.3, -0.25) is 14.5 Å². The van der Waals surface area contributed by atoms with Gasteiger partial charge in [0.2, 0.25) is 11.8 Å². The van der Waals surface area contributed by atoms with E-state index >= 15 is 0 Å². The van der Waals surface area contributed by atoms with Crippen LogP contribution in [-0.4, -0.2) is 67.5 Å². The molecule has 7 nitrogen and oxygen atoms in total. The molecule has 3 aliphatic rings. The molecule has 1 aliphatic carbocycles. The normalized spacial score (nSPS) is 23.4. The van der Waals surface area contributed by atoms with Crippen molar-refractivity contribution in [3.8, 4) is 0 Å². The van der Waals surface area contributed by atoms with Gasteiger partial charge in [0, 0.05) is 32.4 Å². The summed E-state index contributed by atoms with van der Waals surface area (Å²) in [7, 11) is -3.21. The maximum atomic E-state index is 13.7. The van der Waals surface area contributed by atoms with Crippen molar-refractivity contribution in [3.05, 3.63) is 29.8 Å². The first-order valence-corrected chi connectivity index (χ1v) is 15.3. The molecule has 202 valence electrons. The van der Waals surface area contributed by atoms with Crippen LogP contribution in [0.15, 0.2) is 29.2 Å². The summed E-state index contributed by atoms with van der Waals surface area (Å²) < 4.78 is 23.4. The first kappa shape index (κ1) is 28.9. The molecule has 0 unspecified atom stereocenters. The summed E-state index contributed by atoms with van der Waals surface area (Å²) in [6.45, 7) is 4.93. The third-order valence-corrected chi connectivity index (χ3v) is 9.41. The third-order valence-electron chi connectivity index (χ3n) is 8.28. The standard InChI is InChI=1S/C27H41N3O4S.ClH/c1-3-4-16-30-25(31)24(19-21-8-6-5-7-9-21)28-26(32)27(30)14-17-29(18-15-27)20-22-10-12-23(13-11-22)35(2,33)34;/h10-13,21,24H,3-9,14-20H2,1-2H3,(H,28,32);1H/t24-;/m0./s1. The molecule has 36 heavy (non-hydrogen) atoms. The van der Waals surface area contributed by atoms with E-state index in [4.69, 9.17) is 0 Å². The number of carbonyl (C=O) groups excluding carboxylic acids is 2. The average Bonchev–Trinajstić information content (AvgIpc) is 2.84. The van der Waals surface area contributed by atoms with E-state index in [9.17, 15) is 18.0 Å². The van der Waals surface area contributed by atoms with Gasteiger partial charge in [-0.1, -0.05) is 57.6 Å². The molecule has 4 rings (SSSR count). The SMILES string of the molecule is CCCCN1C(=O)[C@H](CC2CCCCC2)NC(=O)C12CCN(Cc1ccc(S(C)(=O)=O)cc1)CC2.Cl. The van der Waals surface area contributed by atoms with Gasteiger partial charge in [-0.05, 0) is 49.3 Å². The highest BCUT2D eigenvalue weighted by atomic mass is 35.5. The zero-order chi connectivity index (χ0) is 25.1. The van der Waals surface area contributed by atoms with Gasteiger partial charge in [0.05, 0.1) is 4.90 Å². The lowest BCUT2D eigenvalue weighted by molar-refractivity contribution is -0.162. The Balaban J connectivity index is 0.00000361. The molecule has 2 saturated heterocycles. The smallest absolute Gasteiger partial charge is 0.246 e. The molecule has 1 aromatic carbocycles. The molecule has 3 fully saturated rings. The summed E-state index contributed by atoms with van der Waals surface area (Å²) in [6.07, 6.45) is 11.2. The van der Waals surface area contributed by atoms with Crippen molar-refractivity contribution in [2.75, 3.05) is 25.9 Å². The molecular weight excluding hydrogens is 498 g/mol. The number of hydrogen-bond acceptors (Lipinski definition) is 5. The molecule has 1 aromatic rings. The number of halogens is 1. The van der Waals surface area contributed by atoms with Crippen molar-refractivity contribution in [2.24, 2.45) is 5.92 Å². The molecule has 2 aliphatic heterocycles. The van der Waals surface area contributed by atoms with Crippen molar-refractivity contribution < 1.29 is 18.0 Å². The van der Waals surface area contributed by atoms with Crippen LogP contribution < -0.4 is 5.32 Å². The van der Waals surface area contributed by atoms with E-state index < -0.39 is 15.4 Å². The molecule has 1 atom stereocenters. The maximum Gasteiger partial charge on any atom is 0.246 e. The lowest BCUT2D eigenvalue weighted by Gasteiger charge is -2.52. The number of benzene rings is 1. The number of sulfone groups is 1. The Labute approximate surface area is 222 Å². The van der Waals surface area contributed by atoms with Crippen molar-refractivity contribution >= 4 is 34.1 Å². The van der Waals surface area contributed by atoms with E-state index in [-0.39, 0.29) is 30.3 Å². The number of rotatable bonds is 8. The van der Waals surface area contributed by atoms with E-state index in [0.717, 1.165) is 37.9 Å². The van der Waals surface area contributed by atoms with Gasteiger partial charge in [-0.15, -0.1) is 12.4 Å². The fourth-order valence-electron chi connectivity index (χ4n) is 6.11. The number of carbonyl (C=O) groups is 2. The Morgan fingerprint density at radius 1 is 1.03 bits per heavy atom. The highest BCUT2D eigenvalue weighted by Crippen LogP contribution is 2.36. The average molecular weight is 540 g/mol. The number of piperazine rings is 1. The monoisotopic (exact) mass is 539 g/mol. The van der Waals surface area contributed by atoms with Gasteiger partial charge in [0.1, 0.15) is 11.6 Å². The predicted molar refractivity (Wildman–Crippen MR) is 144 cm³/mol. The van der Waals surface area contributed by atoms with Gasteiger partial charge in [-0.25, -0.2) is 8.42 Å². The second kappa shape index (κ2) is 12.3. The van der Waals surface area contributed by atoms with Crippen LogP contribution in [0.25, 0.3) is 0 Å². The van der Waals surface area contributed by atoms with E-state index in [1.807, 2.05) is 17.0 Å². The minimum Gasteiger partial charge on any atom is -0.342 e. The van der Waals surface area contributed by atoms with Crippen LogP contribution in [0, 0.1) is 5.92 Å². The summed E-state index contributed by atoms with van der Waals surface area (Å²) in [5, 5.41) is 3.16. The summed E-state index contributed by atoms with van der Waals surface area (Å²) in [5.41, 5.74) is 0.305. The highest BCUT2D eigenvalue weighted by Gasteiger charge is 2.53. The number of unbranched alkanes of at least 4 members (excludes halogenated alkanes) is 1. The second-order valence-corrected chi connectivity index (χ2v) is 12.8. The van der Waals surface area contributed by atoms with Crippen LogP contribution in [0.1, 0.15) is 76.7 Å². The molecule has 1 N–H and O–H groups in total. The summed E-state index contributed by atoms with van der Waals surface area (Å²) in [5.74, 6) is 0.690. The quantitative estimate of drug-likeness (QED) is 0.540. The van der Waals surface area contributed by atoms with E-state index in [1.165, 1.54) is 38.4 Å². The van der Waals surface area contributed by atoms with Crippen molar-refractivity contribution in [1.82, 2.24) is 15.1 Å². The molecular formula is C27H42ClN3O4S. The van der Waals surface area contributed by atoms with Crippen molar-refractivity contribution in [3.63, 3.8) is 0 Å². The lowest BCUT2D eigenvalue weighted by Crippen LogP contribution is -2.73. The number of nitrogens with one attached hydrogen (secondary N) is 1. The summed E-state index contributed by atoms with van der Waals surface area (Å²) in [4.78, 5) is 31.8. The maximum absolute atomic E-state index is 13.7. The van der Waals surface area contributed by atoms with Gasteiger partial charge in [0.15, 0.2) is 9.84 Å². The van der Waals surface area contributed by atoms with Crippen molar-refractivity contribution in [1.29, 1.82) is 0 Å². The van der Waals surface area contributed by atoms with Gasteiger partial charge < -0.3 is 10.2 Å². The molecule has 1 saturated carbocycles. The minimum absolute atomic E-state index is 0. The largest absolute Gasteiger partial charge is 0.342 e. The molecule has 0 bridgehead atoms. The van der Waals surface area contributed by atoms with Crippen LogP contribution in [0.3, 0.4) is 0 Å².